The second kappa shape index (κ2) is 12.3. The van der Waals surface area contributed by atoms with Gasteiger partial charge in [0.25, 0.3) is 0 Å². The molecule has 0 bridgehead atoms. The van der Waals surface area contributed by atoms with Gasteiger partial charge < -0.3 is 20.4 Å². The summed E-state index contributed by atoms with van der Waals surface area (Å²) in [5.74, 6) is 1.84. The molecule has 1 fully saturated rings. The zero-order valence-electron chi connectivity index (χ0n) is 16.2. The van der Waals surface area contributed by atoms with E-state index in [1.807, 2.05) is 0 Å². The van der Waals surface area contributed by atoms with Crippen molar-refractivity contribution in [2.45, 2.75) is 33.1 Å². The van der Waals surface area contributed by atoms with Crippen molar-refractivity contribution in [1.82, 2.24) is 20.4 Å². The molecule has 0 aliphatic carbocycles. The molecular formula is C17H34IN5O2. The van der Waals surface area contributed by atoms with Crippen molar-refractivity contribution in [1.29, 1.82) is 0 Å². The summed E-state index contributed by atoms with van der Waals surface area (Å²) in [7, 11) is 5.16. The number of halogens is 1. The number of hydrogen-bond donors (Lipinski definition) is 2. The normalized spacial score (nSPS) is 15.6. The SMILES string of the molecule is CNC(=O)CC1CCN(C(=NCC(=O)N(C)C)NCC(C)C)CC1.I. The van der Waals surface area contributed by atoms with Crippen LogP contribution in [0.4, 0.5) is 0 Å². The molecule has 0 aromatic heterocycles. The number of aliphatic imine (C=N–C) groups is 1. The molecule has 0 aromatic carbocycles. The first-order valence-corrected chi connectivity index (χ1v) is 8.77. The van der Waals surface area contributed by atoms with Crippen LogP contribution in [0.5, 0.6) is 0 Å². The highest BCUT2D eigenvalue weighted by atomic mass is 127. The van der Waals surface area contributed by atoms with Gasteiger partial charge >= 0.3 is 0 Å². The Labute approximate surface area is 169 Å². The smallest absolute Gasteiger partial charge is 0.243 e. The van der Waals surface area contributed by atoms with E-state index in [1.165, 1.54) is 0 Å². The van der Waals surface area contributed by atoms with Crippen LogP contribution in [0.1, 0.15) is 33.1 Å². The predicted octanol–water partition coefficient (Wildman–Crippen LogP) is 1.14. The molecule has 2 N–H and O–H groups in total. The maximum atomic E-state index is 11.8. The van der Waals surface area contributed by atoms with Crippen molar-refractivity contribution >= 4 is 41.8 Å². The quantitative estimate of drug-likeness (QED) is 0.349. The number of likely N-dealkylation sites (N-methyl/N-ethyl adjacent to an activating group) is 1. The summed E-state index contributed by atoms with van der Waals surface area (Å²) in [5, 5.41) is 6.07. The van der Waals surface area contributed by atoms with Crippen molar-refractivity contribution in [3.8, 4) is 0 Å². The molecule has 1 heterocycles. The number of piperidine rings is 1. The van der Waals surface area contributed by atoms with E-state index in [1.54, 1.807) is 26.0 Å². The summed E-state index contributed by atoms with van der Waals surface area (Å²) in [4.78, 5) is 31.6. The molecule has 2 amide bonds. The third kappa shape index (κ3) is 9.27. The Morgan fingerprint density at radius 3 is 2.32 bits per heavy atom. The van der Waals surface area contributed by atoms with Gasteiger partial charge in [0.15, 0.2) is 5.96 Å². The number of carbonyl (C=O) groups excluding carboxylic acids is 2. The highest BCUT2D eigenvalue weighted by Gasteiger charge is 2.23. The van der Waals surface area contributed by atoms with E-state index < -0.39 is 0 Å². The monoisotopic (exact) mass is 467 g/mol. The molecule has 8 heteroatoms. The van der Waals surface area contributed by atoms with Gasteiger partial charge in [-0.05, 0) is 24.7 Å². The first-order chi connectivity index (χ1) is 11.3. The molecule has 1 saturated heterocycles. The van der Waals surface area contributed by atoms with E-state index >= 15 is 0 Å². The maximum Gasteiger partial charge on any atom is 0.243 e. The molecule has 1 aliphatic rings. The Balaban J connectivity index is 0.00000576. The Bertz CT molecular complexity index is 446. The number of guanidine groups is 1. The first-order valence-electron chi connectivity index (χ1n) is 8.77. The second-order valence-electron chi connectivity index (χ2n) is 7.01. The highest BCUT2D eigenvalue weighted by molar-refractivity contribution is 14.0. The van der Waals surface area contributed by atoms with Crippen molar-refractivity contribution < 1.29 is 9.59 Å². The lowest BCUT2D eigenvalue weighted by Gasteiger charge is -2.34. The van der Waals surface area contributed by atoms with Crippen molar-refractivity contribution in [3.63, 3.8) is 0 Å². The Hall–Kier alpha value is -1.06. The van der Waals surface area contributed by atoms with Crippen molar-refractivity contribution in [2.24, 2.45) is 16.8 Å². The predicted molar refractivity (Wildman–Crippen MR) is 112 cm³/mol. The summed E-state index contributed by atoms with van der Waals surface area (Å²) in [5.41, 5.74) is 0. The largest absolute Gasteiger partial charge is 0.359 e. The molecule has 0 unspecified atom stereocenters. The van der Waals surface area contributed by atoms with Crippen LogP contribution in [0.25, 0.3) is 0 Å². The fraction of sp³-hybridized carbons (Fsp3) is 0.824. The molecule has 0 radical (unpaired) electrons. The van der Waals surface area contributed by atoms with Gasteiger partial charge in [0, 0.05) is 47.2 Å². The fourth-order valence-electron chi connectivity index (χ4n) is 2.56. The zero-order chi connectivity index (χ0) is 18.1. The lowest BCUT2D eigenvalue weighted by molar-refractivity contribution is -0.127. The van der Waals surface area contributed by atoms with Gasteiger partial charge in [-0.2, -0.15) is 0 Å². The zero-order valence-corrected chi connectivity index (χ0v) is 18.5. The summed E-state index contributed by atoms with van der Waals surface area (Å²) >= 11 is 0. The van der Waals surface area contributed by atoms with Crippen molar-refractivity contribution in [2.75, 3.05) is 47.3 Å². The molecular weight excluding hydrogens is 433 g/mol. The summed E-state index contributed by atoms with van der Waals surface area (Å²) < 4.78 is 0. The highest BCUT2D eigenvalue weighted by Crippen LogP contribution is 2.20. The third-order valence-electron chi connectivity index (χ3n) is 4.20. The minimum atomic E-state index is -0.00616. The number of carbonyl (C=O) groups is 2. The molecule has 1 rings (SSSR count). The van der Waals surface area contributed by atoms with Crippen LogP contribution in [0.15, 0.2) is 4.99 Å². The van der Waals surface area contributed by atoms with Crippen LogP contribution < -0.4 is 10.6 Å². The second-order valence-corrected chi connectivity index (χ2v) is 7.01. The van der Waals surface area contributed by atoms with Gasteiger partial charge in [0.05, 0.1) is 0 Å². The number of rotatable bonds is 6. The maximum absolute atomic E-state index is 11.8. The van der Waals surface area contributed by atoms with E-state index in [-0.39, 0.29) is 42.3 Å². The average molecular weight is 467 g/mol. The molecule has 0 aromatic rings. The van der Waals surface area contributed by atoms with Crippen LogP contribution in [0, 0.1) is 11.8 Å². The summed E-state index contributed by atoms with van der Waals surface area (Å²) in [6.07, 6.45) is 2.53. The molecule has 25 heavy (non-hydrogen) atoms. The van der Waals surface area contributed by atoms with Gasteiger partial charge in [-0.15, -0.1) is 24.0 Å². The van der Waals surface area contributed by atoms with Gasteiger partial charge in [0.2, 0.25) is 11.8 Å². The van der Waals surface area contributed by atoms with Crippen LogP contribution in [-0.4, -0.2) is 74.9 Å². The first kappa shape index (κ1) is 23.9. The number of likely N-dealkylation sites (tertiary alicyclic amines) is 1. The van der Waals surface area contributed by atoms with E-state index in [2.05, 4.69) is 34.4 Å². The van der Waals surface area contributed by atoms with E-state index in [0.29, 0.717) is 18.3 Å². The van der Waals surface area contributed by atoms with Crippen LogP contribution >= 0.6 is 24.0 Å². The topological polar surface area (TPSA) is 77.0 Å². The molecule has 0 spiro atoms. The van der Waals surface area contributed by atoms with Gasteiger partial charge in [-0.1, -0.05) is 13.8 Å². The summed E-state index contributed by atoms with van der Waals surface area (Å²) in [6, 6.07) is 0. The average Bonchev–Trinajstić information content (AvgIpc) is 2.55. The standard InChI is InChI=1S/C17H33N5O2.HI/c1-13(2)11-19-17(20-12-16(24)21(4)5)22-8-6-14(7-9-22)10-15(23)18-3;/h13-14H,6-12H2,1-5H3,(H,18,23)(H,19,20);1H. The molecule has 0 atom stereocenters. The van der Waals surface area contributed by atoms with Crippen LogP contribution in [0.2, 0.25) is 0 Å². The van der Waals surface area contributed by atoms with Gasteiger partial charge in [-0.3, -0.25) is 9.59 Å². The molecule has 1 aliphatic heterocycles. The number of hydrogen-bond acceptors (Lipinski definition) is 3. The summed E-state index contributed by atoms with van der Waals surface area (Å²) in [6.45, 7) is 7.00. The van der Waals surface area contributed by atoms with Gasteiger partial charge in [0.1, 0.15) is 6.54 Å². The van der Waals surface area contributed by atoms with E-state index in [0.717, 1.165) is 38.4 Å². The molecule has 0 saturated carbocycles. The lowest BCUT2D eigenvalue weighted by Crippen LogP contribution is -2.47. The van der Waals surface area contributed by atoms with Crippen LogP contribution in [-0.2, 0) is 9.59 Å². The van der Waals surface area contributed by atoms with Crippen LogP contribution in [0.3, 0.4) is 0 Å². The fourth-order valence-corrected chi connectivity index (χ4v) is 2.56. The van der Waals surface area contributed by atoms with E-state index in [9.17, 15) is 9.59 Å². The third-order valence-corrected chi connectivity index (χ3v) is 4.20. The Morgan fingerprint density at radius 1 is 1.24 bits per heavy atom. The van der Waals surface area contributed by atoms with Crippen molar-refractivity contribution in [3.05, 3.63) is 0 Å². The minimum absolute atomic E-state index is 0. The molecule has 146 valence electrons. The Kier molecular flexibility index (Phi) is 11.8. The van der Waals surface area contributed by atoms with E-state index in [4.69, 9.17) is 0 Å². The minimum Gasteiger partial charge on any atom is -0.359 e. The number of nitrogens with zero attached hydrogens (tertiary/aromatic N) is 3. The molecule has 7 nitrogen and oxygen atoms in total. The number of nitrogens with one attached hydrogen (secondary N) is 2. The Morgan fingerprint density at radius 2 is 1.84 bits per heavy atom. The number of amides is 2. The van der Waals surface area contributed by atoms with Gasteiger partial charge in [-0.25, -0.2) is 4.99 Å². The lowest BCUT2D eigenvalue weighted by atomic mass is 9.93.